The van der Waals surface area contributed by atoms with E-state index in [-0.39, 0.29) is 18.4 Å². The maximum absolute atomic E-state index is 6.10. The predicted octanol–water partition coefficient (Wildman–Crippen LogP) is 3.96. The van der Waals surface area contributed by atoms with Gasteiger partial charge in [0.25, 0.3) is 0 Å². The maximum atomic E-state index is 6.10. The lowest BCUT2D eigenvalue weighted by molar-refractivity contribution is 0.653. The molecule has 1 aromatic heterocycles. The van der Waals surface area contributed by atoms with Crippen LogP contribution in [-0.2, 0) is 0 Å². The van der Waals surface area contributed by atoms with Crippen molar-refractivity contribution < 1.29 is 0 Å². The van der Waals surface area contributed by atoms with E-state index in [1.807, 2.05) is 0 Å². The van der Waals surface area contributed by atoms with Crippen LogP contribution < -0.4 is 5.73 Å². The van der Waals surface area contributed by atoms with E-state index in [0.29, 0.717) is 5.92 Å². The van der Waals surface area contributed by atoms with E-state index >= 15 is 0 Å². The number of rotatable bonds is 3. The number of benzene rings is 1. The van der Waals surface area contributed by atoms with Crippen molar-refractivity contribution in [1.29, 1.82) is 0 Å². The minimum absolute atomic E-state index is 0. The second kappa shape index (κ2) is 6.20. The van der Waals surface area contributed by atoms with Gasteiger partial charge in [0.2, 0.25) is 0 Å². The van der Waals surface area contributed by atoms with Gasteiger partial charge >= 0.3 is 0 Å². The van der Waals surface area contributed by atoms with Crippen LogP contribution in [0.15, 0.2) is 41.8 Å². The molecule has 0 saturated carbocycles. The second-order valence-electron chi connectivity index (χ2n) is 4.26. The maximum Gasteiger partial charge on any atom is 0.0332 e. The Bertz CT molecular complexity index is 434. The summed E-state index contributed by atoms with van der Waals surface area (Å²) in [5.74, 6) is 0.320. The Morgan fingerprint density at radius 2 is 1.76 bits per heavy atom. The number of nitrogens with two attached hydrogens (primary N) is 1. The van der Waals surface area contributed by atoms with Gasteiger partial charge in [-0.15, -0.1) is 23.7 Å². The summed E-state index contributed by atoms with van der Waals surface area (Å²) < 4.78 is 0. The number of aryl methyl sites for hydroxylation is 1. The van der Waals surface area contributed by atoms with Crippen molar-refractivity contribution in [3.63, 3.8) is 0 Å². The summed E-state index contributed by atoms with van der Waals surface area (Å²) in [6.07, 6.45) is 0. The fourth-order valence-corrected chi connectivity index (χ4v) is 2.94. The van der Waals surface area contributed by atoms with Crippen molar-refractivity contribution in [2.75, 3.05) is 0 Å². The number of hydrogen-bond acceptors (Lipinski definition) is 2. The number of thiophene rings is 1. The standard InChI is InChI=1S/C14H17NS.ClH/c1-10-5-7-12(8-6-10)14(11(2)15)13-4-3-9-16-13;/h3-9,11,14H,15H2,1-2H3;1H. The minimum Gasteiger partial charge on any atom is -0.327 e. The molecule has 1 heterocycles. The van der Waals surface area contributed by atoms with Crippen LogP contribution in [-0.4, -0.2) is 6.04 Å². The average molecular weight is 268 g/mol. The van der Waals surface area contributed by atoms with Gasteiger partial charge in [-0.05, 0) is 30.9 Å². The molecule has 0 amide bonds. The predicted molar refractivity (Wildman–Crippen MR) is 78.2 cm³/mol. The highest BCUT2D eigenvalue weighted by atomic mass is 35.5. The van der Waals surface area contributed by atoms with Crippen molar-refractivity contribution in [1.82, 2.24) is 0 Å². The van der Waals surface area contributed by atoms with Gasteiger partial charge in [0.15, 0.2) is 0 Å². The van der Waals surface area contributed by atoms with Crippen LogP contribution in [0.25, 0.3) is 0 Å². The molecule has 1 aromatic carbocycles. The largest absolute Gasteiger partial charge is 0.327 e. The number of halogens is 1. The van der Waals surface area contributed by atoms with Gasteiger partial charge in [-0.25, -0.2) is 0 Å². The van der Waals surface area contributed by atoms with E-state index in [4.69, 9.17) is 5.73 Å². The van der Waals surface area contributed by atoms with Crippen LogP contribution in [0, 0.1) is 6.92 Å². The lowest BCUT2D eigenvalue weighted by Gasteiger charge is -2.20. The third-order valence-electron chi connectivity index (χ3n) is 2.81. The molecule has 92 valence electrons. The Morgan fingerprint density at radius 3 is 2.24 bits per heavy atom. The van der Waals surface area contributed by atoms with Gasteiger partial charge in [0.05, 0.1) is 0 Å². The average Bonchev–Trinajstić information content (AvgIpc) is 2.74. The molecule has 0 radical (unpaired) electrons. The summed E-state index contributed by atoms with van der Waals surface area (Å²) in [5.41, 5.74) is 8.70. The summed E-state index contributed by atoms with van der Waals surface area (Å²) in [4.78, 5) is 1.35. The molecule has 0 aliphatic carbocycles. The monoisotopic (exact) mass is 267 g/mol. The summed E-state index contributed by atoms with van der Waals surface area (Å²) in [5, 5.41) is 2.11. The molecule has 2 atom stereocenters. The van der Waals surface area contributed by atoms with Crippen LogP contribution in [0.4, 0.5) is 0 Å². The van der Waals surface area contributed by atoms with Crippen LogP contribution in [0.2, 0.25) is 0 Å². The van der Waals surface area contributed by atoms with E-state index in [1.54, 1.807) is 11.3 Å². The Morgan fingerprint density at radius 1 is 1.12 bits per heavy atom. The molecule has 3 heteroatoms. The van der Waals surface area contributed by atoms with E-state index in [2.05, 4.69) is 55.6 Å². The second-order valence-corrected chi connectivity index (χ2v) is 5.24. The van der Waals surface area contributed by atoms with Gasteiger partial charge in [-0.3, -0.25) is 0 Å². The van der Waals surface area contributed by atoms with Gasteiger partial charge < -0.3 is 5.73 Å². The molecule has 0 saturated heterocycles. The van der Waals surface area contributed by atoms with Crippen molar-refractivity contribution >= 4 is 23.7 Å². The zero-order chi connectivity index (χ0) is 11.5. The first-order valence-corrected chi connectivity index (χ1v) is 6.42. The Balaban J connectivity index is 0.00000144. The highest BCUT2D eigenvalue weighted by molar-refractivity contribution is 7.10. The highest BCUT2D eigenvalue weighted by Crippen LogP contribution is 2.30. The molecule has 17 heavy (non-hydrogen) atoms. The topological polar surface area (TPSA) is 26.0 Å². The Kier molecular flexibility index (Phi) is 5.19. The summed E-state index contributed by atoms with van der Waals surface area (Å²) >= 11 is 1.78. The fraction of sp³-hybridized carbons (Fsp3) is 0.286. The molecule has 0 fully saturated rings. The molecule has 2 N–H and O–H groups in total. The summed E-state index contributed by atoms with van der Waals surface area (Å²) in [7, 11) is 0. The smallest absolute Gasteiger partial charge is 0.0332 e. The Labute approximate surface area is 113 Å². The zero-order valence-electron chi connectivity index (χ0n) is 10.1. The molecule has 0 aliphatic rings. The molecule has 2 unspecified atom stereocenters. The number of hydrogen-bond donors (Lipinski definition) is 1. The minimum atomic E-state index is 0. The SMILES string of the molecule is Cc1ccc(C(c2cccs2)C(C)N)cc1.Cl. The summed E-state index contributed by atoms with van der Waals surface area (Å²) in [6, 6.07) is 13.1. The summed E-state index contributed by atoms with van der Waals surface area (Å²) in [6.45, 7) is 4.18. The van der Waals surface area contributed by atoms with E-state index < -0.39 is 0 Å². The lowest BCUT2D eigenvalue weighted by Crippen LogP contribution is -2.25. The van der Waals surface area contributed by atoms with Crippen LogP contribution in [0.3, 0.4) is 0 Å². The van der Waals surface area contributed by atoms with E-state index in [9.17, 15) is 0 Å². The third kappa shape index (κ3) is 3.32. The molecule has 0 bridgehead atoms. The van der Waals surface area contributed by atoms with E-state index in [0.717, 1.165) is 0 Å². The lowest BCUT2D eigenvalue weighted by atomic mass is 9.91. The molecule has 2 rings (SSSR count). The fourth-order valence-electron chi connectivity index (χ4n) is 1.97. The normalized spacial score (nSPS) is 13.8. The van der Waals surface area contributed by atoms with Crippen molar-refractivity contribution in [3.05, 3.63) is 57.8 Å². The third-order valence-corrected chi connectivity index (χ3v) is 3.77. The van der Waals surface area contributed by atoms with Crippen LogP contribution in [0.1, 0.15) is 28.8 Å². The molecular formula is C14H18ClNS. The molecule has 0 aliphatic heterocycles. The highest BCUT2D eigenvalue weighted by Gasteiger charge is 2.19. The molecular weight excluding hydrogens is 250 g/mol. The van der Waals surface area contributed by atoms with Gasteiger partial charge in [0.1, 0.15) is 0 Å². The van der Waals surface area contributed by atoms with Crippen molar-refractivity contribution in [2.45, 2.75) is 25.8 Å². The van der Waals surface area contributed by atoms with Crippen LogP contribution >= 0.6 is 23.7 Å². The first-order chi connectivity index (χ1) is 7.68. The molecule has 1 nitrogen and oxygen atoms in total. The molecule has 0 spiro atoms. The van der Waals surface area contributed by atoms with Gasteiger partial charge in [-0.1, -0.05) is 35.9 Å². The van der Waals surface area contributed by atoms with Gasteiger partial charge in [0, 0.05) is 16.8 Å². The van der Waals surface area contributed by atoms with Crippen molar-refractivity contribution in [3.8, 4) is 0 Å². The Hall–Kier alpha value is -0.830. The first-order valence-electron chi connectivity index (χ1n) is 5.54. The quantitative estimate of drug-likeness (QED) is 0.895. The van der Waals surface area contributed by atoms with Crippen LogP contribution in [0.5, 0.6) is 0 Å². The first kappa shape index (κ1) is 14.2. The van der Waals surface area contributed by atoms with E-state index in [1.165, 1.54) is 16.0 Å². The van der Waals surface area contributed by atoms with Crippen molar-refractivity contribution in [2.24, 2.45) is 5.73 Å². The molecule has 2 aromatic rings. The van der Waals surface area contributed by atoms with Gasteiger partial charge in [-0.2, -0.15) is 0 Å². The zero-order valence-corrected chi connectivity index (χ0v) is 11.7.